The lowest BCUT2D eigenvalue weighted by molar-refractivity contribution is 0.784. The van der Waals surface area contributed by atoms with E-state index >= 15 is 0 Å². The first-order chi connectivity index (χ1) is 7.16. The van der Waals surface area contributed by atoms with E-state index in [0.29, 0.717) is 11.9 Å². The highest BCUT2D eigenvalue weighted by atomic mass is 15.2. The molecule has 0 aliphatic rings. The molecule has 0 atom stereocenters. The third kappa shape index (κ3) is 2.03. The Kier molecular flexibility index (Phi) is 2.49. The molecular weight excluding hydrogens is 188 g/mol. The first-order valence-corrected chi connectivity index (χ1v) is 5.00. The van der Waals surface area contributed by atoms with Crippen LogP contribution in [0.1, 0.15) is 31.2 Å². The Morgan fingerprint density at radius 1 is 1.27 bits per heavy atom. The van der Waals surface area contributed by atoms with E-state index in [1.807, 2.05) is 23.8 Å². The molecule has 0 aliphatic heterocycles. The molecule has 0 bridgehead atoms. The molecule has 0 saturated heterocycles. The maximum atomic E-state index is 4.49. The lowest BCUT2D eigenvalue weighted by atomic mass is 10.1. The van der Waals surface area contributed by atoms with Crippen molar-refractivity contribution in [3.05, 3.63) is 36.2 Å². The summed E-state index contributed by atoms with van der Waals surface area (Å²) in [6.45, 7) is 6.23. The first kappa shape index (κ1) is 9.83. The van der Waals surface area contributed by atoms with Crippen LogP contribution in [0.15, 0.2) is 24.8 Å². The lowest BCUT2D eigenvalue weighted by Gasteiger charge is -2.08. The van der Waals surface area contributed by atoms with Gasteiger partial charge in [0.15, 0.2) is 0 Å². The zero-order valence-corrected chi connectivity index (χ0v) is 9.18. The molecule has 2 aromatic rings. The summed E-state index contributed by atoms with van der Waals surface area (Å²) < 4.78 is 1.82. The molecule has 0 aromatic carbocycles. The van der Waals surface area contributed by atoms with Crippen LogP contribution in [0.4, 0.5) is 0 Å². The molecule has 0 amide bonds. The molecule has 0 saturated carbocycles. The molecule has 0 unspecified atom stereocenters. The predicted octanol–water partition coefficient (Wildman–Crippen LogP) is 2.09. The van der Waals surface area contributed by atoms with Crippen molar-refractivity contribution in [1.82, 2.24) is 19.5 Å². The zero-order valence-electron chi connectivity index (χ0n) is 9.18. The smallest absolute Gasteiger partial charge is 0.235 e. The van der Waals surface area contributed by atoms with E-state index in [4.69, 9.17) is 0 Å². The lowest BCUT2D eigenvalue weighted by Crippen LogP contribution is -2.04. The van der Waals surface area contributed by atoms with E-state index in [-0.39, 0.29) is 0 Å². The topological polar surface area (TPSA) is 43.6 Å². The van der Waals surface area contributed by atoms with E-state index in [1.165, 1.54) is 0 Å². The van der Waals surface area contributed by atoms with Crippen molar-refractivity contribution in [2.24, 2.45) is 0 Å². The van der Waals surface area contributed by atoms with Gasteiger partial charge >= 0.3 is 0 Å². The molecule has 4 heteroatoms. The summed E-state index contributed by atoms with van der Waals surface area (Å²) in [6, 6.07) is 2.02. The highest BCUT2D eigenvalue weighted by Crippen LogP contribution is 2.13. The minimum absolute atomic E-state index is 0.411. The summed E-state index contributed by atoms with van der Waals surface area (Å²) in [5.41, 5.74) is 2.05. The SMILES string of the molecule is Cc1cc(C(C)C)nc(-n2ccnc2)n1. The standard InChI is InChI=1S/C11H14N4/c1-8(2)10-6-9(3)13-11(14-10)15-5-4-12-7-15/h4-8H,1-3H3. The van der Waals surface area contributed by atoms with Gasteiger partial charge in [-0.3, -0.25) is 4.57 Å². The predicted molar refractivity (Wildman–Crippen MR) is 58.0 cm³/mol. The van der Waals surface area contributed by atoms with Crippen molar-refractivity contribution >= 4 is 0 Å². The fraction of sp³-hybridized carbons (Fsp3) is 0.364. The van der Waals surface area contributed by atoms with Gasteiger partial charge in [0.2, 0.25) is 5.95 Å². The van der Waals surface area contributed by atoms with Crippen LogP contribution >= 0.6 is 0 Å². The fourth-order valence-electron chi connectivity index (χ4n) is 1.37. The van der Waals surface area contributed by atoms with E-state index in [0.717, 1.165) is 11.4 Å². The van der Waals surface area contributed by atoms with Crippen LogP contribution < -0.4 is 0 Å². The number of imidazole rings is 1. The van der Waals surface area contributed by atoms with Crippen molar-refractivity contribution in [2.45, 2.75) is 26.7 Å². The average Bonchev–Trinajstić information content (AvgIpc) is 2.69. The Bertz CT molecular complexity index is 446. The first-order valence-electron chi connectivity index (χ1n) is 5.00. The Labute approximate surface area is 89.0 Å². The van der Waals surface area contributed by atoms with Crippen molar-refractivity contribution in [3.8, 4) is 5.95 Å². The van der Waals surface area contributed by atoms with Crippen LogP contribution in [0.3, 0.4) is 0 Å². The van der Waals surface area contributed by atoms with Crippen LogP contribution in [0, 0.1) is 6.92 Å². The third-order valence-corrected chi connectivity index (χ3v) is 2.19. The summed E-state index contributed by atoms with van der Waals surface area (Å²) >= 11 is 0. The number of hydrogen-bond donors (Lipinski definition) is 0. The Balaban J connectivity index is 2.49. The summed E-state index contributed by atoms with van der Waals surface area (Å²) in [7, 11) is 0. The second-order valence-electron chi connectivity index (χ2n) is 3.86. The molecule has 0 fully saturated rings. The molecule has 2 aromatic heterocycles. The monoisotopic (exact) mass is 202 g/mol. The van der Waals surface area contributed by atoms with Crippen LogP contribution in [-0.2, 0) is 0 Å². The van der Waals surface area contributed by atoms with Crippen molar-refractivity contribution in [1.29, 1.82) is 0 Å². The van der Waals surface area contributed by atoms with Gasteiger partial charge in [0.1, 0.15) is 6.33 Å². The highest BCUT2D eigenvalue weighted by Gasteiger charge is 2.06. The molecule has 2 heterocycles. The van der Waals surface area contributed by atoms with Gasteiger partial charge in [0.05, 0.1) is 0 Å². The summed E-state index contributed by atoms with van der Waals surface area (Å²) in [6.07, 6.45) is 5.28. The normalized spacial score (nSPS) is 10.9. The van der Waals surface area contributed by atoms with Gasteiger partial charge in [0.25, 0.3) is 0 Å². The Morgan fingerprint density at radius 3 is 2.67 bits per heavy atom. The second-order valence-corrected chi connectivity index (χ2v) is 3.86. The highest BCUT2D eigenvalue weighted by molar-refractivity contribution is 5.20. The average molecular weight is 202 g/mol. The summed E-state index contributed by atoms with van der Waals surface area (Å²) in [5.74, 6) is 1.10. The zero-order chi connectivity index (χ0) is 10.8. The summed E-state index contributed by atoms with van der Waals surface area (Å²) in [5, 5.41) is 0. The maximum Gasteiger partial charge on any atom is 0.235 e. The fourth-order valence-corrected chi connectivity index (χ4v) is 1.37. The number of rotatable bonds is 2. The number of hydrogen-bond acceptors (Lipinski definition) is 3. The van der Waals surface area contributed by atoms with Crippen molar-refractivity contribution in [2.75, 3.05) is 0 Å². The Hall–Kier alpha value is -1.71. The van der Waals surface area contributed by atoms with E-state index < -0.39 is 0 Å². The van der Waals surface area contributed by atoms with E-state index in [9.17, 15) is 0 Å². The van der Waals surface area contributed by atoms with Gasteiger partial charge in [-0.15, -0.1) is 0 Å². The van der Waals surface area contributed by atoms with E-state index in [1.54, 1.807) is 12.5 Å². The van der Waals surface area contributed by atoms with E-state index in [2.05, 4.69) is 28.8 Å². The molecule has 0 N–H and O–H groups in total. The molecule has 15 heavy (non-hydrogen) atoms. The minimum Gasteiger partial charge on any atom is -0.274 e. The van der Waals surface area contributed by atoms with Gasteiger partial charge in [-0.1, -0.05) is 13.8 Å². The van der Waals surface area contributed by atoms with Gasteiger partial charge < -0.3 is 0 Å². The molecule has 2 rings (SSSR count). The largest absolute Gasteiger partial charge is 0.274 e. The minimum atomic E-state index is 0.411. The van der Waals surface area contributed by atoms with Gasteiger partial charge in [-0.05, 0) is 18.9 Å². The van der Waals surface area contributed by atoms with Crippen LogP contribution in [-0.4, -0.2) is 19.5 Å². The molecule has 4 nitrogen and oxygen atoms in total. The molecule has 78 valence electrons. The number of nitrogens with zero attached hydrogens (tertiary/aromatic N) is 4. The number of aromatic nitrogens is 4. The van der Waals surface area contributed by atoms with Gasteiger partial charge in [-0.2, -0.15) is 0 Å². The molecule has 0 aliphatic carbocycles. The maximum absolute atomic E-state index is 4.49. The van der Waals surface area contributed by atoms with Crippen molar-refractivity contribution in [3.63, 3.8) is 0 Å². The molecular formula is C11H14N4. The third-order valence-electron chi connectivity index (χ3n) is 2.19. The molecule has 0 spiro atoms. The Morgan fingerprint density at radius 2 is 2.07 bits per heavy atom. The van der Waals surface area contributed by atoms with Gasteiger partial charge in [0, 0.05) is 23.8 Å². The molecule has 0 radical (unpaired) electrons. The second kappa shape index (κ2) is 3.81. The summed E-state index contributed by atoms with van der Waals surface area (Å²) in [4.78, 5) is 12.8. The van der Waals surface area contributed by atoms with Crippen LogP contribution in [0.25, 0.3) is 5.95 Å². The quantitative estimate of drug-likeness (QED) is 0.749. The van der Waals surface area contributed by atoms with Crippen LogP contribution in [0.5, 0.6) is 0 Å². The van der Waals surface area contributed by atoms with Gasteiger partial charge in [-0.25, -0.2) is 15.0 Å². The number of aryl methyl sites for hydroxylation is 1. The van der Waals surface area contributed by atoms with Crippen LogP contribution in [0.2, 0.25) is 0 Å². The van der Waals surface area contributed by atoms with Crippen molar-refractivity contribution < 1.29 is 0 Å².